The van der Waals surface area contributed by atoms with Crippen LogP contribution in [0.2, 0.25) is 0 Å². The van der Waals surface area contributed by atoms with Crippen LogP contribution in [0.25, 0.3) is 0 Å². The third-order valence-electron chi connectivity index (χ3n) is 3.67. The molecule has 2 N–H and O–H groups in total. The van der Waals surface area contributed by atoms with Crippen molar-refractivity contribution in [1.29, 1.82) is 0 Å². The van der Waals surface area contributed by atoms with Crippen LogP contribution in [0, 0.1) is 11.7 Å². The Morgan fingerprint density at radius 3 is 3.00 bits per heavy atom. The quantitative estimate of drug-likeness (QED) is 0.864. The lowest BCUT2D eigenvalue weighted by Gasteiger charge is -2.29. The maximum Gasteiger partial charge on any atom is 0.224 e. The highest BCUT2D eigenvalue weighted by Crippen LogP contribution is 2.28. The summed E-state index contributed by atoms with van der Waals surface area (Å²) in [5.74, 6) is 1.13. The Kier molecular flexibility index (Phi) is 4.33. The molecule has 0 aromatic carbocycles. The van der Waals surface area contributed by atoms with Crippen LogP contribution < -0.4 is 10.6 Å². The molecule has 0 spiro atoms. The van der Waals surface area contributed by atoms with E-state index in [2.05, 4.69) is 27.5 Å². The van der Waals surface area contributed by atoms with Gasteiger partial charge in [-0.2, -0.15) is 4.98 Å². The molecule has 5 heteroatoms. The van der Waals surface area contributed by atoms with E-state index in [-0.39, 0.29) is 5.82 Å². The molecule has 1 saturated carbocycles. The number of rotatable bonds is 4. The van der Waals surface area contributed by atoms with E-state index in [1.165, 1.54) is 25.5 Å². The van der Waals surface area contributed by atoms with Gasteiger partial charge in [0.15, 0.2) is 11.6 Å². The fourth-order valence-electron chi connectivity index (χ4n) is 2.58. The van der Waals surface area contributed by atoms with Crippen molar-refractivity contribution >= 4 is 11.8 Å². The molecule has 1 aliphatic carbocycles. The van der Waals surface area contributed by atoms with Gasteiger partial charge in [-0.15, -0.1) is 0 Å². The lowest BCUT2D eigenvalue weighted by molar-refractivity contribution is 0.326. The summed E-state index contributed by atoms with van der Waals surface area (Å²) < 4.78 is 13.6. The van der Waals surface area contributed by atoms with Gasteiger partial charge in [-0.25, -0.2) is 9.37 Å². The second-order valence-electron chi connectivity index (χ2n) is 4.92. The fraction of sp³-hybridized carbons (Fsp3) is 0.692. The fourth-order valence-corrected chi connectivity index (χ4v) is 2.58. The molecule has 1 aromatic rings. The van der Waals surface area contributed by atoms with Crippen LogP contribution in [0.4, 0.5) is 16.2 Å². The largest absolute Gasteiger partial charge is 0.365 e. The Balaban J connectivity index is 2.04. The monoisotopic (exact) mass is 252 g/mol. The Bertz CT molecular complexity index is 397. The van der Waals surface area contributed by atoms with Crippen LogP contribution in [0.15, 0.2) is 6.20 Å². The molecule has 1 aliphatic rings. The first-order chi connectivity index (χ1) is 8.72. The highest BCUT2D eigenvalue weighted by molar-refractivity contribution is 5.41. The van der Waals surface area contributed by atoms with E-state index >= 15 is 0 Å². The molecule has 100 valence electrons. The Hall–Kier alpha value is -1.39. The minimum absolute atomic E-state index is 0.316. The van der Waals surface area contributed by atoms with Gasteiger partial charge in [0.2, 0.25) is 5.95 Å². The van der Waals surface area contributed by atoms with Crippen molar-refractivity contribution < 1.29 is 4.39 Å². The highest BCUT2D eigenvalue weighted by Gasteiger charge is 2.22. The van der Waals surface area contributed by atoms with Crippen molar-refractivity contribution in [2.24, 2.45) is 5.92 Å². The summed E-state index contributed by atoms with van der Waals surface area (Å²) in [6.07, 6.45) is 7.11. The van der Waals surface area contributed by atoms with E-state index in [1.54, 1.807) is 7.05 Å². The number of nitrogens with zero attached hydrogens (tertiary/aromatic N) is 2. The van der Waals surface area contributed by atoms with Crippen molar-refractivity contribution in [2.45, 2.75) is 45.1 Å². The third kappa shape index (κ3) is 3.09. The SMILES string of the molecule is CCC1CCCC(Nc2nc(NC)ncc2F)C1. The zero-order valence-electron chi connectivity index (χ0n) is 11.0. The Morgan fingerprint density at radius 2 is 2.28 bits per heavy atom. The average molecular weight is 252 g/mol. The highest BCUT2D eigenvalue weighted by atomic mass is 19.1. The average Bonchev–Trinajstić information content (AvgIpc) is 2.41. The van der Waals surface area contributed by atoms with E-state index in [9.17, 15) is 4.39 Å². The first-order valence-corrected chi connectivity index (χ1v) is 6.69. The van der Waals surface area contributed by atoms with Gasteiger partial charge in [-0.05, 0) is 18.8 Å². The van der Waals surface area contributed by atoms with Crippen LogP contribution in [-0.2, 0) is 0 Å². The van der Waals surface area contributed by atoms with Crippen LogP contribution >= 0.6 is 0 Å². The number of anilines is 2. The number of hydrogen-bond donors (Lipinski definition) is 2. The molecule has 2 atom stereocenters. The molecular weight excluding hydrogens is 231 g/mol. The first kappa shape index (κ1) is 13.1. The summed E-state index contributed by atoms with van der Waals surface area (Å²) in [5, 5.41) is 6.04. The lowest BCUT2D eigenvalue weighted by atomic mass is 9.84. The minimum Gasteiger partial charge on any atom is -0.365 e. The zero-order chi connectivity index (χ0) is 13.0. The van der Waals surface area contributed by atoms with Gasteiger partial charge < -0.3 is 10.6 Å². The molecule has 1 heterocycles. The van der Waals surface area contributed by atoms with Crippen molar-refractivity contribution in [3.05, 3.63) is 12.0 Å². The predicted octanol–water partition coefficient (Wildman–Crippen LogP) is 3.04. The summed E-state index contributed by atoms with van der Waals surface area (Å²) >= 11 is 0. The number of halogens is 1. The summed E-state index contributed by atoms with van der Waals surface area (Å²) in [4.78, 5) is 7.97. The summed E-state index contributed by atoms with van der Waals surface area (Å²) in [5.41, 5.74) is 0. The molecule has 2 rings (SSSR count). The molecular formula is C13H21FN4. The summed E-state index contributed by atoms with van der Waals surface area (Å²) in [6.45, 7) is 2.22. The van der Waals surface area contributed by atoms with E-state index in [0.29, 0.717) is 17.8 Å². The molecule has 1 aromatic heterocycles. The number of nitrogens with one attached hydrogen (secondary N) is 2. The van der Waals surface area contributed by atoms with Gasteiger partial charge >= 0.3 is 0 Å². The lowest BCUT2D eigenvalue weighted by Crippen LogP contribution is -2.28. The van der Waals surface area contributed by atoms with Gasteiger partial charge in [-0.1, -0.05) is 26.2 Å². The molecule has 0 bridgehead atoms. The van der Waals surface area contributed by atoms with Gasteiger partial charge in [0, 0.05) is 13.1 Å². The van der Waals surface area contributed by atoms with Gasteiger partial charge in [0.1, 0.15) is 0 Å². The topological polar surface area (TPSA) is 49.8 Å². The molecule has 0 radical (unpaired) electrons. The number of aromatic nitrogens is 2. The van der Waals surface area contributed by atoms with Crippen molar-refractivity contribution in [2.75, 3.05) is 17.7 Å². The molecule has 0 amide bonds. The van der Waals surface area contributed by atoms with Gasteiger partial charge in [0.05, 0.1) is 6.20 Å². The third-order valence-corrected chi connectivity index (χ3v) is 3.67. The van der Waals surface area contributed by atoms with Crippen molar-refractivity contribution in [3.8, 4) is 0 Å². The standard InChI is InChI=1S/C13H21FN4/c1-3-9-5-4-6-10(7-9)17-12-11(14)8-16-13(15-2)18-12/h8-10H,3-7H2,1-2H3,(H2,15,16,17,18). The van der Waals surface area contributed by atoms with E-state index < -0.39 is 0 Å². The summed E-state index contributed by atoms with van der Waals surface area (Å²) in [7, 11) is 1.73. The summed E-state index contributed by atoms with van der Waals surface area (Å²) in [6, 6.07) is 0.331. The second kappa shape index (κ2) is 5.98. The van der Waals surface area contributed by atoms with Crippen molar-refractivity contribution in [3.63, 3.8) is 0 Å². The van der Waals surface area contributed by atoms with Crippen LogP contribution in [0.3, 0.4) is 0 Å². The maximum atomic E-state index is 13.6. The molecule has 18 heavy (non-hydrogen) atoms. The molecule has 0 saturated heterocycles. The van der Waals surface area contributed by atoms with Crippen molar-refractivity contribution in [1.82, 2.24) is 9.97 Å². The van der Waals surface area contributed by atoms with Gasteiger partial charge in [-0.3, -0.25) is 0 Å². The predicted molar refractivity (Wildman–Crippen MR) is 71.2 cm³/mol. The van der Waals surface area contributed by atoms with Gasteiger partial charge in [0.25, 0.3) is 0 Å². The molecule has 4 nitrogen and oxygen atoms in total. The zero-order valence-corrected chi connectivity index (χ0v) is 11.0. The number of hydrogen-bond acceptors (Lipinski definition) is 4. The molecule has 1 fully saturated rings. The van der Waals surface area contributed by atoms with Crippen LogP contribution in [0.1, 0.15) is 39.0 Å². The first-order valence-electron chi connectivity index (χ1n) is 6.69. The van der Waals surface area contributed by atoms with E-state index in [0.717, 1.165) is 18.8 Å². The Labute approximate surface area is 107 Å². The molecule has 2 unspecified atom stereocenters. The molecule has 0 aliphatic heterocycles. The van der Waals surface area contributed by atoms with E-state index in [1.807, 2.05) is 0 Å². The second-order valence-corrected chi connectivity index (χ2v) is 4.92. The normalized spacial score (nSPS) is 23.7. The Morgan fingerprint density at radius 1 is 1.44 bits per heavy atom. The smallest absolute Gasteiger partial charge is 0.224 e. The van der Waals surface area contributed by atoms with Crippen LogP contribution in [0.5, 0.6) is 0 Å². The maximum absolute atomic E-state index is 13.6. The van der Waals surface area contributed by atoms with E-state index in [4.69, 9.17) is 0 Å². The minimum atomic E-state index is -0.382. The van der Waals surface area contributed by atoms with Crippen LogP contribution in [-0.4, -0.2) is 23.1 Å².